The van der Waals surface area contributed by atoms with Crippen molar-refractivity contribution in [2.45, 2.75) is 63.4 Å². The van der Waals surface area contributed by atoms with Gasteiger partial charge in [0.1, 0.15) is 10.6 Å². The first-order chi connectivity index (χ1) is 15.1. The van der Waals surface area contributed by atoms with Crippen molar-refractivity contribution in [3.05, 3.63) is 73.7 Å². The van der Waals surface area contributed by atoms with Gasteiger partial charge < -0.3 is 4.52 Å². The maximum absolute atomic E-state index is 13.7. The van der Waals surface area contributed by atoms with Gasteiger partial charge in [-0.15, -0.1) is 11.3 Å². The number of thioether (sulfide) groups is 1. The van der Waals surface area contributed by atoms with Crippen molar-refractivity contribution in [1.82, 2.24) is 14.7 Å². The summed E-state index contributed by atoms with van der Waals surface area (Å²) in [5.41, 5.74) is 4.57. The number of thiophene rings is 1. The Bertz CT molecular complexity index is 1270. The largest absolute Gasteiger partial charge is 0.361 e. The highest BCUT2D eigenvalue weighted by Gasteiger charge is 2.22. The molecule has 5 rings (SSSR count). The van der Waals surface area contributed by atoms with Crippen LogP contribution in [0.2, 0.25) is 0 Å². The van der Waals surface area contributed by atoms with Gasteiger partial charge in [0.05, 0.1) is 11.1 Å². The molecular weight excluding hydrogens is 426 g/mol. The van der Waals surface area contributed by atoms with Gasteiger partial charge in [0.25, 0.3) is 5.56 Å². The summed E-state index contributed by atoms with van der Waals surface area (Å²) >= 11 is 3.31. The number of nitrogens with zero attached hydrogens (tertiary/aromatic N) is 3. The van der Waals surface area contributed by atoms with E-state index in [1.807, 2.05) is 36.6 Å². The molecule has 0 saturated heterocycles. The number of hydrogen-bond acceptors (Lipinski definition) is 6. The van der Waals surface area contributed by atoms with Crippen LogP contribution in [0.25, 0.3) is 10.2 Å². The number of fused-ring (bicyclic) bond motifs is 3. The third-order valence-electron chi connectivity index (χ3n) is 6.03. The second-order valence-corrected chi connectivity index (χ2v) is 10.1. The van der Waals surface area contributed by atoms with E-state index in [4.69, 9.17) is 9.51 Å². The van der Waals surface area contributed by atoms with Gasteiger partial charge in [-0.25, -0.2) is 4.98 Å². The van der Waals surface area contributed by atoms with Gasteiger partial charge in [-0.1, -0.05) is 47.3 Å². The van der Waals surface area contributed by atoms with Crippen LogP contribution < -0.4 is 5.56 Å². The fourth-order valence-electron chi connectivity index (χ4n) is 4.26. The highest BCUT2D eigenvalue weighted by Crippen LogP contribution is 2.35. The van der Waals surface area contributed by atoms with Crippen LogP contribution in [0.15, 0.2) is 44.8 Å². The SMILES string of the molecule is Cc1noc(C)c1CSc1nc2sc3c(c2c(=O)n1CCc1ccccc1)CCCC3. The Morgan fingerprint density at radius 3 is 2.74 bits per heavy atom. The van der Waals surface area contributed by atoms with E-state index in [0.29, 0.717) is 12.3 Å². The normalized spacial score (nSPS) is 13.6. The Kier molecular flexibility index (Phi) is 5.71. The van der Waals surface area contributed by atoms with Crippen LogP contribution in [-0.2, 0) is 31.6 Å². The van der Waals surface area contributed by atoms with Gasteiger partial charge in [0, 0.05) is 22.7 Å². The Morgan fingerprint density at radius 1 is 1.16 bits per heavy atom. The van der Waals surface area contributed by atoms with Crippen molar-refractivity contribution in [3.8, 4) is 0 Å². The van der Waals surface area contributed by atoms with Crippen LogP contribution in [0.4, 0.5) is 0 Å². The summed E-state index contributed by atoms with van der Waals surface area (Å²) in [6.45, 7) is 4.52. The minimum absolute atomic E-state index is 0.113. The van der Waals surface area contributed by atoms with Gasteiger partial charge in [0.2, 0.25) is 0 Å². The quantitative estimate of drug-likeness (QED) is 0.287. The third kappa shape index (κ3) is 3.96. The lowest BCUT2D eigenvalue weighted by atomic mass is 9.97. The molecule has 0 fully saturated rings. The maximum Gasteiger partial charge on any atom is 0.263 e. The van der Waals surface area contributed by atoms with E-state index < -0.39 is 0 Å². The summed E-state index contributed by atoms with van der Waals surface area (Å²) < 4.78 is 7.21. The summed E-state index contributed by atoms with van der Waals surface area (Å²) in [5.74, 6) is 1.52. The highest BCUT2D eigenvalue weighted by molar-refractivity contribution is 7.98. The molecule has 0 aliphatic heterocycles. The molecule has 1 aromatic carbocycles. The lowest BCUT2D eigenvalue weighted by Crippen LogP contribution is -2.24. The molecule has 3 aromatic heterocycles. The average Bonchev–Trinajstić information content (AvgIpc) is 3.31. The summed E-state index contributed by atoms with van der Waals surface area (Å²) in [6, 6.07) is 10.3. The summed E-state index contributed by atoms with van der Waals surface area (Å²) in [4.78, 5) is 20.9. The summed E-state index contributed by atoms with van der Waals surface area (Å²) in [5, 5.41) is 5.70. The van der Waals surface area contributed by atoms with Gasteiger partial charge in [-0.05, 0) is 57.1 Å². The van der Waals surface area contributed by atoms with E-state index in [1.54, 1.807) is 23.1 Å². The second-order valence-electron chi connectivity index (χ2n) is 8.07. The summed E-state index contributed by atoms with van der Waals surface area (Å²) in [7, 11) is 0. The van der Waals surface area contributed by atoms with E-state index in [9.17, 15) is 4.79 Å². The molecule has 0 unspecified atom stereocenters. The number of aromatic nitrogens is 3. The Morgan fingerprint density at radius 2 is 1.97 bits per heavy atom. The highest BCUT2D eigenvalue weighted by atomic mass is 32.2. The van der Waals surface area contributed by atoms with Crippen molar-refractivity contribution < 1.29 is 4.52 Å². The van der Waals surface area contributed by atoms with Gasteiger partial charge in [-0.3, -0.25) is 9.36 Å². The standard InChI is InChI=1S/C24H25N3O2S2/c1-15-19(16(2)29-26-15)14-30-24-25-22-21(18-10-6-7-11-20(18)31-22)23(28)27(24)13-12-17-8-4-3-5-9-17/h3-5,8-9H,6-7,10-14H2,1-2H3. The number of hydrogen-bond donors (Lipinski definition) is 0. The van der Waals surface area contributed by atoms with Crippen LogP contribution >= 0.6 is 23.1 Å². The molecule has 1 aliphatic carbocycles. The molecule has 0 radical (unpaired) electrons. The zero-order valence-corrected chi connectivity index (χ0v) is 19.4. The van der Waals surface area contributed by atoms with Crippen molar-refractivity contribution in [2.75, 3.05) is 0 Å². The average molecular weight is 452 g/mol. The van der Waals surface area contributed by atoms with E-state index in [1.165, 1.54) is 22.4 Å². The van der Waals surface area contributed by atoms with Gasteiger partial charge >= 0.3 is 0 Å². The van der Waals surface area contributed by atoms with Gasteiger partial charge in [-0.2, -0.15) is 0 Å². The molecule has 0 amide bonds. The predicted molar refractivity (Wildman–Crippen MR) is 126 cm³/mol. The minimum Gasteiger partial charge on any atom is -0.361 e. The molecule has 0 N–H and O–H groups in total. The first kappa shape index (κ1) is 20.5. The molecule has 0 atom stereocenters. The zero-order valence-electron chi connectivity index (χ0n) is 17.8. The van der Waals surface area contributed by atoms with E-state index in [-0.39, 0.29) is 5.56 Å². The number of rotatable bonds is 6. The summed E-state index contributed by atoms with van der Waals surface area (Å²) in [6.07, 6.45) is 5.23. The smallest absolute Gasteiger partial charge is 0.263 e. The molecule has 7 heteroatoms. The van der Waals surface area contributed by atoms with E-state index in [0.717, 1.165) is 58.1 Å². The molecule has 0 spiro atoms. The van der Waals surface area contributed by atoms with Crippen molar-refractivity contribution in [1.29, 1.82) is 0 Å². The lowest BCUT2D eigenvalue weighted by Gasteiger charge is -2.13. The zero-order chi connectivity index (χ0) is 21.4. The van der Waals surface area contributed by atoms with Crippen LogP contribution in [0.5, 0.6) is 0 Å². The first-order valence-corrected chi connectivity index (χ1v) is 12.6. The fourth-order valence-corrected chi connectivity index (χ4v) is 6.74. The topological polar surface area (TPSA) is 60.9 Å². The Balaban J connectivity index is 1.55. The molecule has 1 aliphatic rings. The second kappa shape index (κ2) is 8.63. The van der Waals surface area contributed by atoms with Crippen molar-refractivity contribution >= 4 is 33.3 Å². The molecule has 0 saturated carbocycles. The van der Waals surface area contributed by atoms with Crippen molar-refractivity contribution in [3.63, 3.8) is 0 Å². The molecule has 3 heterocycles. The minimum atomic E-state index is 0.113. The van der Waals surface area contributed by atoms with Crippen LogP contribution in [0, 0.1) is 13.8 Å². The fraction of sp³-hybridized carbons (Fsp3) is 0.375. The Labute approximate surface area is 189 Å². The molecule has 5 nitrogen and oxygen atoms in total. The first-order valence-electron chi connectivity index (χ1n) is 10.8. The maximum atomic E-state index is 13.7. The molecular formula is C24H25N3O2S2. The number of benzene rings is 1. The number of aryl methyl sites for hydroxylation is 5. The van der Waals surface area contributed by atoms with Crippen LogP contribution in [0.3, 0.4) is 0 Å². The van der Waals surface area contributed by atoms with Gasteiger partial charge in [0.15, 0.2) is 5.16 Å². The van der Waals surface area contributed by atoms with Crippen LogP contribution in [-0.4, -0.2) is 14.7 Å². The van der Waals surface area contributed by atoms with Crippen molar-refractivity contribution in [2.24, 2.45) is 0 Å². The Hall–Kier alpha value is -2.38. The van der Waals surface area contributed by atoms with E-state index in [2.05, 4.69) is 17.3 Å². The predicted octanol–water partition coefficient (Wildman–Crippen LogP) is 5.48. The van der Waals surface area contributed by atoms with Crippen LogP contribution in [0.1, 0.15) is 45.9 Å². The molecule has 0 bridgehead atoms. The molecule has 160 valence electrons. The molecule has 4 aromatic rings. The monoisotopic (exact) mass is 451 g/mol. The lowest BCUT2D eigenvalue weighted by molar-refractivity contribution is 0.392. The molecule has 31 heavy (non-hydrogen) atoms. The third-order valence-corrected chi connectivity index (χ3v) is 8.22. The van der Waals surface area contributed by atoms with E-state index >= 15 is 0 Å².